The van der Waals surface area contributed by atoms with E-state index in [1.807, 2.05) is 24.3 Å². The number of nitriles is 1. The average molecular weight is 260 g/mol. The lowest BCUT2D eigenvalue weighted by molar-refractivity contribution is -0.114. The maximum absolute atomic E-state index is 10.9. The molecular weight excluding hydrogens is 244 g/mol. The predicted molar refractivity (Wildman–Crippen MR) is 73.4 cm³/mol. The number of carbonyl (C=O) groups excluding carboxylic acids is 1. The van der Waals surface area contributed by atoms with Gasteiger partial charge in [0.2, 0.25) is 5.91 Å². The molecule has 4 heteroatoms. The summed E-state index contributed by atoms with van der Waals surface area (Å²) in [5, 5.41) is 11.5. The fraction of sp³-hybridized carbons (Fsp3) is 0.429. The minimum absolute atomic E-state index is 0.0543. The summed E-state index contributed by atoms with van der Waals surface area (Å²) in [6.07, 6.45) is 3.03. The lowest BCUT2D eigenvalue weighted by Crippen LogP contribution is -2.05. The Morgan fingerprint density at radius 3 is 2.61 bits per heavy atom. The standard InChI is InChI=1S/C14H16N2OS/c1-11(17)16-12-2-4-13(5-3-12)18-10-14(6-7-14)8-9-15/h2-5H,6-8,10H2,1H3,(H,16,17). The largest absolute Gasteiger partial charge is 0.326 e. The van der Waals surface area contributed by atoms with Crippen LogP contribution in [0.1, 0.15) is 26.2 Å². The highest BCUT2D eigenvalue weighted by atomic mass is 32.2. The van der Waals surface area contributed by atoms with Gasteiger partial charge in [0.1, 0.15) is 0 Å². The Morgan fingerprint density at radius 2 is 2.11 bits per heavy atom. The molecule has 18 heavy (non-hydrogen) atoms. The summed E-state index contributed by atoms with van der Waals surface area (Å²) in [5.74, 6) is 0.960. The van der Waals surface area contributed by atoms with E-state index in [4.69, 9.17) is 5.26 Å². The summed E-state index contributed by atoms with van der Waals surface area (Å²) in [6, 6.07) is 10.1. The molecule has 1 fully saturated rings. The molecule has 1 N–H and O–H groups in total. The van der Waals surface area contributed by atoms with Gasteiger partial charge in [-0.25, -0.2) is 0 Å². The minimum atomic E-state index is -0.0543. The third-order valence-electron chi connectivity index (χ3n) is 3.13. The Bertz CT molecular complexity index is 472. The summed E-state index contributed by atoms with van der Waals surface area (Å²) in [4.78, 5) is 12.1. The van der Waals surface area contributed by atoms with Crippen LogP contribution in [0.4, 0.5) is 5.69 Å². The number of nitrogens with zero attached hydrogens (tertiary/aromatic N) is 1. The van der Waals surface area contributed by atoms with Crippen molar-refractivity contribution < 1.29 is 4.79 Å². The van der Waals surface area contributed by atoms with Gasteiger partial charge in [-0.1, -0.05) is 0 Å². The smallest absolute Gasteiger partial charge is 0.221 e. The first-order valence-electron chi connectivity index (χ1n) is 6.01. The van der Waals surface area contributed by atoms with Gasteiger partial charge in [-0.3, -0.25) is 4.79 Å². The van der Waals surface area contributed by atoms with E-state index < -0.39 is 0 Å². The number of anilines is 1. The van der Waals surface area contributed by atoms with Crippen LogP contribution in [0.25, 0.3) is 0 Å². The molecule has 0 radical (unpaired) electrons. The minimum Gasteiger partial charge on any atom is -0.326 e. The van der Waals surface area contributed by atoms with Crippen LogP contribution in [0.5, 0.6) is 0 Å². The second-order valence-electron chi connectivity index (χ2n) is 4.83. The molecule has 0 unspecified atom stereocenters. The number of hydrogen-bond acceptors (Lipinski definition) is 3. The summed E-state index contributed by atoms with van der Waals surface area (Å²) in [7, 11) is 0. The van der Waals surface area contributed by atoms with Crippen LogP contribution in [0.2, 0.25) is 0 Å². The van der Waals surface area contributed by atoms with Crippen LogP contribution in [0, 0.1) is 16.7 Å². The Labute approximate surface area is 112 Å². The zero-order valence-corrected chi connectivity index (χ0v) is 11.2. The Morgan fingerprint density at radius 1 is 1.44 bits per heavy atom. The van der Waals surface area contributed by atoms with E-state index in [0.717, 1.165) is 11.4 Å². The zero-order valence-electron chi connectivity index (χ0n) is 10.4. The molecular formula is C14H16N2OS. The molecule has 3 nitrogen and oxygen atoms in total. The summed E-state index contributed by atoms with van der Waals surface area (Å²) in [6.45, 7) is 1.50. The van der Waals surface area contributed by atoms with Gasteiger partial charge in [0.15, 0.2) is 0 Å². The molecule has 1 aromatic carbocycles. The second kappa shape index (κ2) is 5.45. The lowest BCUT2D eigenvalue weighted by Gasteiger charge is -2.10. The first-order valence-corrected chi connectivity index (χ1v) is 7.00. The highest BCUT2D eigenvalue weighted by molar-refractivity contribution is 7.99. The number of hydrogen-bond donors (Lipinski definition) is 1. The fourth-order valence-corrected chi connectivity index (χ4v) is 2.98. The molecule has 1 amide bonds. The number of amides is 1. The van der Waals surface area contributed by atoms with Gasteiger partial charge >= 0.3 is 0 Å². The quantitative estimate of drug-likeness (QED) is 0.825. The van der Waals surface area contributed by atoms with Gasteiger partial charge in [-0.15, -0.1) is 11.8 Å². The Balaban J connectivity index is 1.87. The number of nitrogens with one attached hydrogen (secondary N) is 1. The van der Waals surface area contributed by atoms with Crippen molar-refractivity contribution in [1.82, 2.24) is 0 Å². The molecule has 1 saturated carbocycles. The molecule has 0 aliphatic heterocycles. The SMILES string of the molecule is CC(=O)Nc1ccc(SCC2(CC#N)CC2)cc1. The van der Waals surface area contributed by atoms with Crippen molar-refractivity contribution in [3.63, 3.8) is 0 Å². The predicted octanol–water partition coefficient (Wildman–Crippen LogP) is 3.43. The van der Waals surface area contributed by atoms with Crippen LogP contribution >= 0.6 is 11.8 Å². The van der Waals surface area contributed by atoms with Gasteiger partial charge in [0.05, 0.1) is 6.07 Å². The van der Waals surface area contributed by atoms with Crippen LogP contribution < -0.4 is 5.32 Å². The molecule has 0 saturated heterocycles. The van der Waals surface area contributed by atoms with E-state index in [9.17, 15) is 4.79 Å². The monoisotopic (exact) mass is 260 g/mol. The van der Waals surface area contributed by atoms with Crippen molar-refractivity contribution in [2.75, 3.05) is 11.1 Å². The zero-order chi connectivity index (χ0) is 13.0. The van der Waals surface area contributed by atoms with Crippen LogP contribution in [0.3, 0.4) is 0 Å². The normalized spacial score (nSPS) is 15.8. The maximum atomic E-state index is 10.9. The topological polar surface area (TPSA) is 52.9 Å². The van der Waals surface area contributed by atoms with Gasteiger partial charge in [-0.05, 0) is 42.5 Å². The van der Waals surface area contributed by atoms with E-state index in [0.29, 0.717) is 6.42 Å². The van der Waals surface area contributed by atoms with E-state index >= 15 is 0 Å². The molecule has 0 bridgehead atoms. The molecule has 0 spiro atoms. The molecule has 1 aliphatic carbocycles. The molecule has 1 aromatic rings. The van der Waals surface area contributed by atoms with Crippen molar-refractivity contribution in [2.24, 2.45) is 5.41 Å². The Hall–Kier alpha value is -1.47. The average Bonchev–Trinajstić information content (AvgIpc) is 3.09. The van der Waals surface area contributed by atoms with Crippen LogP contribution in [-0.2, 0) is 4.79 Å². The number of thioether (sulfide) groups is 1. The molecule has 0 aromatic heterocycles. The number of carbonyl (C=O) groups is 1. The van der Waals surface area contributed by atoms with Gasteiger partial charge in [0.25, 0.3) is 0 Å². The highest BCUT2D eigenvalue weighted by Crippen LogP contribution is 2.51. The number of rotatable bonds is 5. The van der Waals surface area contributed by atoms with Gasteiger partial charge in [0, 0.05) is 29.7 Å². The molecule has 1 aliphatic rings. The summed E-state index contributed by atoms with van der Waals surface area (Å²) < 4.78 is 0. The fourth-order valence-electron chi connectivity index (χ4n) is 1.79. The Kier molecular flexibility index (Phi) is 3.93. The lowest BCUT2D eigenvalue weighted by atomic mass is 10.1. The highest BCUT2D eigenvalue weighted by Gasteiger charge is 2.42. The van der Waals surface area contributed by atoms with Crippen LogP contribution in [-0.4, -0.2) is 11.7 Å². The first kappa shape index (κ1) is 13.0. The summed E-state index contributed by atoms with van der Waals surface area (Å²) in [5.41, 5.74) is 1.10. The second-order valence-corrected chi connectivity index (χ2v) is 5.88. The first-order chi connectivity index (χ1) is 8.63. The van der Waals surface area contributed by atoms with E-state index in [1.54, 1.807) is 11.8 Å². The molecule has 0 atom stereocenters. The maximum Gasteiger partial charge on any atom is 0.221 e. The van der Waals surface area contributed by atoms with Crippen molar-refractivity contribution in [3.05, 3.63) is 24.3 Å². The number of benzene rings is 1. The third-order valence-corrected chi connectivity index (χ3v) is 4.49. The van der Waals surface area contributed by atoms with Gasteiger partial charge < -0.3 is 5.32 Å². The van der Waals surface area contributed by atoms with E-state index in [-0.39, 0.29) is 11.3 Å². The van der Waals surface area contributed by atoms with E-state index in [2.05, 4.69) is 11.4 Å². The van der Waals surface area contributed by atoms with E-state index in [1.165, 1.54) is 24.7 Å². The summed E-state index contributed by atoms with van der Waals surface area (Å²) >= 11 is 1.79. The molecule has 94 valence electrons. The third kappa shape index (κ3) is 3.51. The van der Waals surface area contributed by atoms with Crippen molar-refractivity contribution in [3.8, 4) is 6.07 Å². The van der Waals surface area contributed by atoms with Gasteiger partial charge in [-0.2, -0.15) is 5.26 Å². The van der Waals surface area contributed by atoms with Crippen LogP contribution in [0.15, 0.2) is 29.2 Å². The van der Waals surface area contributed by atoms with Crippen molar-refractivity contribution in [1.29, 1.82) is 5.26 Å². The van der Waals surface area contributed by atoms with Crippen molar-refractivity contribution >= 4 is 23.4 Å². The molecule has 0 heterocycles. The van der Waals surface area contributed by atoms with Crippen molar-refractivity contribution in [2.45, 2.75) is 31.1 Å². The molecule has 2 rings (SSSR count).